The molecule has 0 spiro atoms. The number of anilines is 1. The Morgan fingerprint density at radius 1 is 1.30 bits per heavy atom. The number of hydrogen-bond acceptors (Lipinski definition) is 5. The molecule has 1 aromatic heterocycles. The average molecular weight is 335 g/mol. The van der Waals surface area contributed by atoms with Gasteiger partial charge in [0.05, 0.1) is 11.3 Å². The molecule has 0 saturated heterocycles. The van der Waals surface area contributed by atoms with Crippen LogP contribution in [0.2, 0.25) is 0 Å². The normalized spacial score (nSPS) is 10.7. The second-order valence-electron chi connectivity index (χ2n) is 5.30. The monoisotopic (exact) mass is 335 g/mol. The molecule has 0 unspecified atom stereocenters. The van der Waals surface area contributed by atoms with Gasteiger partial charge < -0.3 is 15.2 Å². The summed E-state index contributed by atoms with van der Waals surface area (Å²) in [5.74, 6) is -0.636. The number of hydrogen-bond donors (Lipinski definition) is 2. The molecule has 0 aliphatic rings. The Bertz CT molecular complexity index is 736. The van der Waals surface area contributed by atoms with Gasteiger partial charge in [-0.15, -0.1) is 11.3 Å². The third-order valence-corrected chi connectivity index (χ3v) is 4.56. The van der Waals surface area contributed by atoms with Crippen molar-refractivity contribution in [3.8, 4) is 5.75 Å². The van der Waals surface area contributed by atoms with Gasteiger partial charge in [0, 0.05) is 12.3 Å². The fraction of sp³-hybridized carbons (Fsp3) is 0.412. The van der Waals surface area contributed by atoms with Crippen LogP contribution in [0.1, 0.15) is 49.5 Å². The summed E-state index contributed by atoms with van der Waals surface area (Å²) in [5.41, 5.74) is 1.28. The number of phenols is 1. The molecular formula is C17H21NO4S. The Labute approximate surface area is 139 Å². The van der Waals surface area contributed by atoms with E-state index in [2.05, 4.69) is 12.2 Å². The predicted octanol–water partition coefficient (Wildman–Crippen LogP) is 4.08. The van der Waals surface area contributed by atoms with E-state index in [0.717, 1.165) is 24.8 Å². The molecule has 2 rings (SSSR count). The maximum absolute atomic E-state index is 12.3. The van der Waals surface area contributed by atoms with Gasteiger partial charge in [0.1, 0.15) is 16.3 Å². The minimum absolute atomic E-state index is 0.126. The van der Waals surface area contributed by atoms with E-state index in [9.17, 15) is 14.7 Å². The quantitative estimate of drug-likeness (QED) is 0.780. The van der Waals surface area contributed by atoms with Crippen molar-refractivity contribution in [2.24, 2.45) is 0 Å². The molecule has 5 nitrogen and oxygen atoms in total. The van der Waals surface area contributed by atoms with E-state index in [1.54, 1.807) is 13.0 Å². The van der Waals surface area contributed by atoms with Gasteiger partial charge in [-0.2, -0.15) is 0 Å². The van der Waals surface area contributed by atoms with Gasteiger partial charge in [0.2, 0.25) is 5.91 Å². The topological polar surface area (TPSA) is 75.6 Å². The van der Waals surface area contributed by atoms with Gasteiger partial charge >= 0.3 is 5.97 Å². The average Bonchev–Trinajstić information content (AvgIpc) is 2.83. The van der Waals surface area contributed by atoms with Crippen LogP contribution in [0.3, 0.4) is 0 Å². The molecule has 2 N–H and O–H groups in total. The first-order valence-electron chi connectivity index (χ1n) is 7.71. The van der Waals surface area contributed by atoms with E-state index in [-0.39, 0.29) is 18.3 Å². The number of unbranched alkanes of at least 4 members (excludes halogenated alkanes) is 1. The van der Waals surface area contributed by atoms with Crippen LogP contribution < -0.4 is 5.32 Å². The second kappa shape index (κ2) is 7.46. The van der Waals surface area contributed by atoms with Crippen LogP contribution in [0.25, 0.3) is 10.1 Å². The molecule has 2 aromatic rings. The van der Waals surface area contributed by atoms with E-state index in [4.69, 9.17) is 4.74 Å². The summed E-state index contributed by atoms with van der Waals surface area (Å²) < 4.78 is 5.69. The van der Waals surface area contributed by atoms with Crippen molar-refractivity contribution in [2.45, 2.75) is 40.0 Å². The van der Waals surface area contributed by atoms with Crippen molar-refractivity contribution in [1.29, 1.82) is 0 Å². The molecule has 1 amide bonds. The highest BCUT2D eigenvalue weighted by Gasteiger charge is 2.23. The maximum Gasteiger partial charge on any atom is 0.341 e. The smallest absolute Gasteiger partial charge is 0.341 e. The number of esters is 1. The van der Waals surface area contributed by atoms with Crippen LogP contribution >= 0.6 is 11.3 Å². The lowest BCUT2D eigenvalue weighted by atomic mass is 10.0. The Morgan fingerprint density at radius 3 is 2.65 bits per heavy atom. The first-order chi connectivity index (χ1) is 11.0. The third kappa shape index (κ3) is 3.82. The molecule has 23 heavy (non-hydrogen) atoms. The molecule has 124 valence electrons. The zero-order valence-corrected chi connectivity index (χ0v) is 14.4. The summed E-state index contributed by atoms with van der Waals surface area (Å²) in [4.78, 5) is 23.7. The number of fused-ring (bicyclic) bond motifs is 1. The van der Waals surface area contributed by atoms with E-state index in [1.165, 1.54) is 18.3 Å². The van der Waals surface area contributed by atoms with Crippen LogP contribution in [0.15, 0.2) is 12.1 Å². The lowest BCUT2D eigenvalue weighted by Gasteiger charge is -2.06. The molecule has 0 fully saturated rings. The number of phenolic OH excluding ortho intramolecular Hbond substituents is 1. The Hall–Kier alpha value is -2.08. The fourth-order valence-corrected chi connectivity index (χ4v) is 3.55. The lowest BCUT2D eigenvalue weighted by Crippen LogP contribution is -2.11. The van der Waals surface area contributed by atoms with Crippen molar-refractivity contribution in [1.82, 2.24) is 0 Å². The highest BCUT2D eigenvalue weighted by atomic mass is 32.1. The van der Waals surface area contributed by atoms with Crippen LogP contribution in [0.4, 0.5) is 5.00 Å². The van der Waals surface area contributed by atoms with Gasteiger partial charge in [-0.05, 0) is 37.5 Å². The third-order valence-electron chi connectivity index (χ3n) is 3.42. The lowest BCUT2D eigenvalue weighted by molar-refractivity contribution is -0.114. The number of aryl methyl sites for hydroxylation is 1. The highest BCUT2D eigenvalue weighted by Crippen LogP contribution is 2.41. The minimum Gasteiger partial charge on any atom is -0.506 e. The maximum atomic E-state index is 12.3. The van der Waals surface area contributed by atoms with Gasteiger partial charge in [-0.3, -0.25) is 4.79 Å². The van der Waals surface area contributed by atoms with Crippen LogP contribution in [-0.4, -0.2) is 23.6 Å². The van der Waals surface area contributed by atoms with Crippen molar-refractivity contribution in [3.05, 3.63) is 23.3 Å². The Balaban J connectivity index is 2.61. The number of thiophene rings is 1. The minimum atomic E-state index is -0.491. The molecule has 0 aliphatic carbocycles. The number of carbonyl (C=O) groups is 2. The molecular weight excluding hydrogens is 314 g/mol. The summed E-state index contributed by atoms with van der Waals surface area (Å²) in [6.07, 6.45) is 2.88. The molecule has 0 bridgehead atoms. The first kappa shape index (κ1) is 17.3. The summed E-state index contributed by atoms with van der Waals surface area (Å²) >= 11 is 1.18. The van der Waals surface area contributed by atoms with E-state index in [1.807, 2.05) is 6.07 Å². The van der Waals surface area contributed by atoms with Gasteiger partial charge in [-0.25, -0.2) is 4.79 Å². The Morgan fingerprint density at radius 2 is 2.04 bits per heavy atom. The number of nitrogens with one attached hydrogen (secondary N) is 1. The van der Waals surface area contributed by atoms with Gasteiger partial charge in [0.15, 0.2) is 0 Å². The van der Waals surface area contributed by atoms with E-state index in [0.29, 0.717) is 20.7 Å². The largest absolute Gasteiger partial charge is 0.506 e. The molecule has 6 heteroatoms. The number of rotatable bonds is 6. The van der Waals surface area contributed by atoms with Crippen LogP contribution in [-0.2, 0) is 16.0 Å². The molecule has 0 atom stereocenters. The number of amides is 1. The predicted molar refractivity (Wildman–Crippen MR) is 92.4 cm³/mol. The van der Waals surface area contributed by atoms with Crippen molar-refractivity contribution < 1.29 is 19.4 Å². The van der Waals surface area contributed by atoms with Gasteiger partial charge in [-0.1, -0.05) is 13.3 Å². The highest BCUT2D eigenvalue weighted by molar-refractivity contribution is 7.23. The molecule has 0 saturated carbocycles. The molecule has 0 radical (unpaired) electrons. The fourth-order valence-electron chi connectivity index (χ4n) is 2.42. The summed E-state index contributed by atoms with van der Waals surface area (Å²) in [5, 5.41) is 14.0. The van der Waals surface area contributed by atoms with Crippen molar-refractivity contribution in [2.75, 3.05) is 11.9 Å². The second-order valence-corrected chi connectivity index (χ2v) is 6.32. The zero-order valence-electron chi connectivity index (χ0n) is 13.6. The zero-order chi connectivity index (χ0) is 17.0. The number of aromatic hydroxyl groups is 1. The molecule has 0 aliphatic heterocycles. The number of ether oxygens (including phenoxy) is 1. The summed E-state index contributed by atoms with van der Waals surface area (Å²) in [7, 11) is 0. The van der Waals surface area contributed by atoms with Crippen LogP contribution in [0.5, 0.6) is 5.75 Å². The number of carbonyl (C=O) groups excluding carboxylic acids is 2. The standard InChI is InChI=1S/C17H21NO4S/c1-4-6-7-11-8-12-14(17(21)22-5-2)16(18-10(3)19)23-15(12)13(20)9-11/h8-9,20H,4-7H2,1-3H3,(H,18,19). The van der Waals surface area contributed by atoms with E-state index < -0.39 is 5.97 Å². The van der Waals surface area contributed by atoms with Crippen molar-refractivity contribution in [3.63, 3.8) is 0 Å². The van der Waals surface area contributed by atoms with Crippen molar-refractivity contribution >= 4 is 38.3 Å². The first-order valence-corrected chi connectivity index (χ1v) is 8.52. The SMILES string of the molecule is CCCCc1cc(O)c2sc(NC(C)=O)c(C(=O)OCC)c2c1. The number of benzene rings is 1. The van der Waals surface area contributed by atoms with Gasteiger partial charge in [0.25, 0.3) is 0 Å². The van der Waals surface area contributed by atoms with E-state index >= 15 is 0 Å². The Kier molecular flexibility index (Phi) is 5.60. The molecule has 1 heterocycles. The summed E-state index contributed by atoms with van der Waals surface area (Å²) in [6.45, 7) is 5.46. The van der Waals surface area contributed by atoms with Crippen LogP contribution in [0, 0.1) is 0 Å². The molecule has 1 aromatic carbocycles. The summed E-state index contributed by atoms with van der Waals surface area (Å²) in [6, 6.07) is 3.62.